The van der Waals surface area contributed by atoms with Crippen LogP contribution in [0.25, 0.3) is 22.6 Å². The minimum Gasteiger partial charge on any atom is -0.492 e. The monoisotopic (exact) mass is 533 g/mol. The normalized spacial score (nSPS) is 17.0. The first-order valence-corrected chi connectivity index (χ1v) is 13.5. The van der Waals surface area contributed by atoms with Crippen molar-refractivity contribution in [3.8, 4) is 23.0 Å². The van der Waals surface area contributed by atoms with Crippen LogP contribution in [-0.2, 0) is 6.54 Å². The number of pyridine rings is 1. The largest absolute Gasteiger partial charge is 0.492 e. The maximum absolute atomic E-state index is 6.27. The molecule has 6 rings (SSSR count). The maximum atomic E-state index is 6.27. The molecular formula is C28H32ClN7O2. The van der Waals surface area contributed by atoms with Gasteiger partial charge in [0.05, 0.1) is 12.2 Å². The number of halogens is 1. The lowest BCUT2D eigenvalue weighted by molar-refractivity contribution is 0.191. The van der Waals surface area contributed by atoms with Gasteiger partial charge in [-0.2, -0.15) is 4.98 Å². The number of hydrogen-bond acceptors (Lipinski definition) is 8. The third-order valence-electron chi connectivity index (χ3n) is 7.22. The molecule has 4 aromatic rings. The quantitative estimate of drug-likeness (QED) is 0.344. The van der Waals surface area contributed by atoms with Gasteiger partial charge in [-0.25, -0.2) is 9.97 Å². The molecule has 0 unspecified atom stereocenters. The second kappa shape index (κ2) is 10.5. The van der Waals surface area contributed by atoms with Gasteiger partial charge in [0.25, 0.3) is 0 Å². The molecule has 2 fully saturated rings. The molecule has 1 saturated carbocycles. The Morgan fingerprint density at radius 3 is 2.68 bits per heavy atom. The van der Waals surface area contributed by atoms with Gasteiger partial charge in [0.2, 0.25) is 5.88 Å². The van der Waals surface area contributed by atoms with Crippen LogP contribution in [0, 0.1) is 6.92 Å². The molecule has 0 bridgehead atoms. The van der Waals surface area contributed by atoms with Gasteiger partial charge in [0.1, 0.15) is 30.1 Å². The van der Waals surface area contributed by atoms with Gasteiger partial charge in [-0.05, 0) is 62.6 Å². The molecule has 1 aliphatic carbocycles. The van der Waals surface area contributed by atoms with Crippen LogP contribution in [0.2, 0.25) is 5.02 Å². The molecule has 0 spiro atoms. The van der Waals surface area contributed by atoms with Crippen molar-refractivity contribution in [3.05, 3.63) is 59.1 Å². The van der Waals surface area contributed by atoms with E-state index in [9.17, 15) is 0 Å². The number of piperazine rings is 1. The summed E-state index contributed by atoms with van der Waals surface area (Å²) in [6.45, 7) is 10.4. The van der Waals surface area contributed by atoms with Gasteiger partial charge >= 0.3 is 0 Å². The molecule has 0 amide bonds. The molecule has 1 saturated heterocycles. The predicted molar refractivity (Wildman–Crippen MR) is 147 cm³/mol. The van der Waals surface area contributed by atoms with Crippen LogP contribution in [-0.4, -0.2) is 74.3 Å². The van der Waals surface area contributed by atoms with E-state index in [1.54, 1.807) is 18.6 Å². The first-order chi connectivity index (χ1) is 18.5. The van der Waals surface area contributed by atoms with Gasteiger partial charge in [0.15, 0.2) is 11.2 Å². The molecule has 0 atom stereocenters. The summed E-state index contributed by atoms with van der Waals surface area (Å²) < 4.78 is 14.4. The van der Waals surface area contributed by atoms with Crippen molar-refractivity contribution in [1.29, 1.82) is 0 Å². The highest BCUT2D eigenvalue weighted by Gasteiger charge is 2.41. The number of aryl methyl sites for hydroxylation is 1. The van der Waals surface area contributed by atoms with Gasteiger partial charge < -0.3 is 19.4 Å². The molecule has 3 aromatic heterocycles. The van der Waals surface area contributed by atoms with Crippen LogP contribution in [0.4, 0.5) is 0 Å². The van der Waals surface area contributed by atoms with Crippen molar-refractivity contribution >= 4 is 22.8 Å². The minimum atomic E-state index is -0.181. The fourth-order valence-corrected chi connectivity index (χ4v) is 4.94. The highest BCUT2D eigenvalue weighted by atomic mass is 35.5. The van der Waals surface area contributed by atoms with E-state index in [1.165, 1.54) is 0 Å². The lowest BCUT2D eigenvalue weighted by atomic mass is 10.1. The van der Waals surface area contributed by atoms with E-state index in [0.29, 0.717) is 35.2 Å². The van der Waals surface area contributed by atoms with Crippen molar-refractivity contribution in [2.75, 3.05) is 39.3 Å². The fraction of sp³-hybridized carbons (Fsp3) is 0.429. The van der Waals surface area contributed by atoms with E-state index in [-0.39, 0.29) is 5.60 Å². The van der Waals surface area contributed by atoms with Crippen LogP contribution >= 0.6 is 11.6 Å². The summed E-state index contributed by atoms with van der Waals surface area (Å²) in [7, 11) is 0. The summed E-state index contributed by atoms with van der Waals surface area (Å²) in [4.78, 5) is 21.0. The zero-order valence-electron chi connectivity index (χ0n) is 21.8. The van der Waals surface area contributed by atoms with Crippen molar-refractivity contribution in [2.45, 2.75) is 38.8 Å². The van der Waals surface area contributed by atoms with Gasteiger partial charge in [-0.15, -0.1) is 0 Å². The molecule has 10 heteroatoms. The van der Waals surface area contributed by atoms with E-state index in [4.69, 9.17) is 26.1 Å². The molecule has 9 nitrogen and oxygen atoms in total. The maximum Gasteiger partial charge on any atom is 0.245 e. The molecule has 4 heterocycles. The van der Waals surface area contributed by atoms with Crippen LogP contribution in [0.15, 0.2) is 42.9 Å². The van der Waals surface area contributed by atoms with Crippen molar-refractivity contribution in [2.24, 2.45) is 0 Å². The molecule has 1 N–H and O–H groups in total. The highest BCUT2D eigenvalue weighted by Crippen LogP contribution is 2.41. The Morgan fingerprint density at radius 1 is 1.08 bits per heavy atom. The van der Waals surface area contributed by atoms with Crippen LogP contribution in [0.5, 0.6) is 11.6 Å². The third kappa shape index (κ3) is 5.45. The first kappa shape index (κ1) is 25.0. The number of imidazole rings is 1. The topological polar surface area (TPSA) is 90.2 Å². The smallest absolute Gasteiger partial charge is 0.245 e. The van der Waals surface area contributed by atoms with E-state index in [1.807, 2.05) is 12.1 Å². The third-order valence-corrected chi connectivity index (χ3v) is 7.45. The second-order valence-corrected chi connectivity index (χ2v) is 10.7. The Kier molecular flexibility index (Phi) is 6.90. The number of fused-ring (bicyclic) bond motifs is 1. The van der Waals surface area contributed by atoms with Crippen molar-refractivity contribution in [3.63, 3.8) is 0 Å². The Hall–Kier alpha value is -3.27. The molecule has 1 aliphatic heterocycles. The first-order valence-electron chi connectivity index (χ1n) is 13.1. The van der Waals surface area contributed by atoms with Crippen LogP contribution in [0.3, 0.4) is 0 Å². The Balaban J connectivity index is 1.32. The summed E-state index contributed by atoms with van der Waals surface area (Å²) in [6, 6.07) is 9.78. The molecule has 0 radical (unpaired) electrons. The molecule has 2 aliphatic rings. The highest BCUT2D eigenvalue weighted by molar-refractivity contribution is 6.30. The fourth-order valence-electron chi connectivity index (χ4n) is 4.76. The summed E-state index contributed by atoms with van der Waals surface area (Å²) in [5.41, 5.74) is 4.03. The average Bonchev–Trinajstić information content (AvgIpc) is 3.53. The average molecular weight is 534 g/mol. The SMILES string of the molecule is Cc1cc(OCCN2CCNCC2)ccc1-c1nc2c(OC3(C)CC3)ncnc2n1Cc1cc(Cl)ccn1. The Morgan fingerprint density at radius 2 is 1.92 bits per heavy atom. The lowest BCUT2D eigenvalue weighted by Crippen LogP contribution is -2.44. The van der Waals surface area contributed by atoms with Crippen molar-refractivity contribution < 1.29 is 9.47 Å². The zero-order chi connectivity index (χ0) is 26.1. The van der Waals surface area contributed by atoms with Crippen molar-refractivity contribution in [1.82, 2.24) is 34.7 Å². The number of nitrogens with zero attached hydrogens (tertiary/aromatic N) is 6. The van der Waals surface area contributed by atoms with Crippen LogP contribution < -0.4 is 14.8 Å². The standard InChI is InChI=1S/C28H32ClN7O2/c1-19-15-22(37-14-13-35-11-9-30-10-12-35)3-4-23(19)25-34-24-26(32-18-33-27(24)38-28(2)6-7-28)36(25)17-21-16-20(29)5-8-31-21/h3-5,8,15-16,18,30H,6-7,9-14,17H2,1-2H3. The Bertz CT molecular complexity index is 1450. The second-order valence-electron chi connectivity index (χ2n) is 10.3. The molecular weight excluding hydrogens is 502 g/mol. The Labute approximate surface area is 227 Å². The summed E-state index contributed by atoms with van der Waals surface area (Å²) in [6.07, 6.45) is 5.27. The number of ether oxygens (including phenoxy) is 2. The van der Waals surface area contributed by atoms with E-state index in [2.05, 4.69) is 55.7 Å². The molecule has 198 valence electrons. The number of nitrogens with one attached hydrogen (secondary N) is 1. The summed E-state index contributed by atoms with van der Waals surface area (Å²) >= 11 is 6.27. The van der Waals surface area contributed by atoms with E-state index >= 15 is 0 Å². The minimum absolute atomic E-state index is 0.181. The van der Waals surface area contributed by atoms with E-state index in [0.717, 1.165) is 74.0 Å². The number of benzene rings is 1. The number of aromatic nitrogens is 5. The molecule has 38 heavy (non-hydrogen) atoms. The number of hydrogen-bond donors (Lipinski definition) is 1. The van der Waals surface area contributed by atoms with Crippen LogP contribution in [0.1, 0.15) is 31.0 Å². The van der Waals surface area contributed by atoms with Gasteiger partial charge in [0, 0.05) is 49.5 Å². The van der Waals surface area contributed by atoms with Gasteiger partial charge in [-0.3, -0.25) is 9.88 Å². The predicted octanol–water partition coefficient (Wildman–Crippen LogP) is 4.11. The number of rotatable bonds is 9. The van der Waals surface area contributed by atoms with Gasteiger partial charge in [-0.1, -0.05) is 11.6 Å². The summed E-state index contributed by atoms with van der Waals surface area (Å²) in [5, 5.41) is 4.02. The molecule has 1 aromatic carbocycles. The zero-order valence-corrected chi connectivity index (χ0v) is 22.5. The van der Waals surface area contributed by atoms with E-state index < -0.39 is 0 Å². The summed E-state index contributed by atoms with van der Waals surface area (Å²) in [5.74, 6) is 2.14. The lowest BCUT2D eigenvalue weighted by Gasteiger charge is -2.26.